The average molecular weight is 625 g/mol. The lowest BCUT2D eigenvalue weighted by Gasteiger charge is -2.34. The van der Waals surface area contributed by atoms with Gasteiger partial charge in [-0.05, 0) is 81.3 Å². The molecule has 3 aromatic carbocycles. The van der Waals surface area contributed by atoms with Gasteiger partial charge in [0.15, 0.2) is 0 Å². The van der Waals surface area contributed by atoms with E-state index in [9.17, 15) is 18.0 Å². The molecule has 40 heavy (non-hydrogen) atoms. The molecule has 214 valence electrons. The Morgan fingerprint density at radius 1 is 0.900 bits per heavy atom. The summed E-state index contributed by atoms with van der Waals surface area (Å²) in [6.45, 7) is 6.79. The zero-order chi connectivity index (χ0) is 29.7. The zero-order valence-corrected chi connectivity index (χ0v) is 25.8. The first-order valence-electron chi connectivity index (χ1n) is 12.6. The number of para-hydroxylation sites is 1. The number of carbonyl (C=O) groups is 2. The maximum absolute atomic E-state index is 14.0. The van der Waals surface area contributed by atoms with Crippen molar-refractivity contribution in [3.05, 3.63) is 93.4 Å². The molecule has 1 atom stereocenters. The second kappa shape index (κ2) is 13.3. The second-order valence-electron chi connectivity index (χ2n) is 10.2. The van der Waals surface area contributed by atoms with Crippen molar-refractivity contribution in [2.45, 2.75) is 57.1 Å². The van der Waals surface area contributed by atoms with Crippen LogP contribution in [0.15, 0.2) is 77.7 Å². The van der Waals surface area contributed by atoms with Crippen molar-refractivity contribution in [1.82, 2.24) is 10.2 Å². The molecule has 0 saturated heterocycles. The number of hydrogen-bond acceptors (Lipinski definition) is 4. The number of hydrogen-bond donors (Lipinski definition) is 1. The molecule has 1 N–H and O–H groups in total. The van der Waals surface area contributed by atoms with Crippen LogP contribution in [0.5, 0.6) is 0 Å². The van der Waals surface area contributed by atoms with Crippen LogP contribution in [0.3, 0.4) is 0 Å². The van der Waals surface area contributed by atoms with Gasteiger partial charge in [-0.15, -0.1) is 0 Å². The predicted octanol–water partition coefficient (Wildman–Crippen LogP) is 6.56. The monoisotopic (exact) mass is 623 g/mol. The number of rotatable bonds is 10. The summed E-state index contributed by atoms with van der Waals surface area (Å²) in [5.41, 5.74) is 0.389. The molecule has 0 aliphatic carbocycles. The molecule has 0 spiro atoms. The van der Waals surface area contributed by atoms with Crippen LogP contribution in [0.1, 0.15) is 39.7 Å². The summed E-state index contributed by atoms with van der Waals surface area (Å²) in [6.07, 6.45) is 0.296. The number of benzene rings is 3. The minimum Gasteiger partial charge on any atom is -0.350 e. The molecule has 0 aromatic heterocycles. The molecule has 3 aromatic rings. The van der Waals surface area contributed by atoms with E-state index >= 15 is 0 Å². The normalized spacial score (nSPS) is 12.5. The van der Waals surface area contributed by atoms with Gasteiger partial charge >= 0.3 is 0 Å². The van der Waals surface area contributed by atoms with Gasteiger partial charge in [-0.1, -0.05) is 66.0 Å². The van der Waals surface area contributed by atoms with Crippen LogP contribution < -0.4 is 9.62 Å². The fraction of sp³-hybridized carbons (Fsp3) is 0.310. The fourth-order valence-electron chi connectivity index (χ4n) is 4.06. The highest BCUT2D eigenvalue weighted by Gasteiger charge is 2.34. The van der Waals surface area contributed by atoms with Gasteiger partial charge < -0.3 is 10.2 Å². The zero-order valence-electron chi connectivity index (χ0n) is 22.7. The van der Waals surface area contributed by atoms with Gasteiger partial charge in [-0.2, -0.15) is 0 Å². The van der Waals surface area contributed by atoms with Crippen LogP contribution in [0, 0.1) is 0 Å². The summed E-state index contributed by atoms with van der Waals surface area (Å²) in [4.78, 5) is 28.8. The molecule has 2 amide bonds. The first-order chi connectivity index (χ1) is 18.7. The molecule has 0 unspecified atom stereocenters. The summed E-state index contributed by atoms with van der Waals surface area (Å²) in [7, 11) is -4.18. The number of nitrogens with zero attached hydrogens (tertiary/aromatic N) is 2. The highest BCUT2D eigenvalue weighted by molar-refractivity contribution is 7.92. The first kappa shape index (κ1) is 31.7. The lowest BCUT2D eigenvalue weighted by atomic mass is 10.1. The van der Waals surface area contributed by atoms with Crippen molar-refractivity contribution in [3.8, 4) is 0 Å². The second-order valence-corrected chi connectivity index (χ2v) is 13.3. The Morgan fingerprint density at radius 3 is 2.08 bits per heavy atom. The average Bonchev–Trinajstić information content (AvgIpc) is 2.88. The van der Waals surface area contributed by atoms with Crippen LogP contribution in [-0.4, -0.2) is 43.3 Å². The minimum absolute atomic E-state index is 0.00934. The molecule has 3 rings (SSSR count). The number of carbonyl (C=O) groups excluding carboxylic acids is 2. The Morgan fingerprint density at radius 2 is 1.52 bits per heavy atom. The maximum atomic E-state index is 14.0. The van der Waals surface area contributed by atoms with Gasteiger partial charge in [0.1, 0.15) is 12.6 Å². The molecular formula is C29H32Cl3N3O4S. The molecule has 0 saturated carbocycles. The van der Waals surface area contributed by atoms with E-state index < -0.39 is 34.1 Å². The Hall–Kier alpha value is -2.78. The first-order valence-corrected chi connectivity index (χ1v) is 15.2. The summed E-state index contributed by atoms with van der Waals surface area (Å²) < 4.78 is 28.6. The molecule has 0 radical (unpaired) electrons. The van der Waals surface area contributed by atoms with Crippen molar-refractivity contribution in [2.24, 2.45) is 0 Å². The van der Waals surface area contributed by atoms with E-state index in [1.165, 1.54) is 29.2 Å². The van der Waals surface area contributed by atoms with Crippen LogP contribution in [0.2, 0.25) is 15.1 Å². The van der Waals surface area contributed by atoms with E-state index in [0.29, 0.717) is 32.7 Å². The molecule has 11 heteroatoms. The van der Waals surface area contributed by atoms with E-state index in [1.807, 2.05) is 20.8 Å². The van der Waals surface area contributed by atoms with Gasteiger partial charge in [0.05, 0.1) is 20.6 Å². The molecule has 0 aliphatic heterocycles. The van der Waals surface area contributed by atoms with Crippen molar-refractivity contribution >= 4 is 62.3 Å². The van der Waals surface area contributed by atoms with Crippen LogP contribution in [0.25, 0.3) is 0 Å². The molecular weight excluding hydrogens is 593 g/mol. The standard InChI is InChI=1S/C29H32Cl3N3O4S/c1-5-26(28(37)33-29(2,3)4)34(18-20-11-16-24(31)25(32)17-20)27(36)19-35(22-9-7-6-8-10-22)40(38,39)23-14-12-21(30)13-15-23/h6-17,26H,5,18-19H2,1-4H3,(H,33,37)/t26-/m0/s1. The van der Waals surface area contributed by atoms with Gasteiger partial charge in [0, 0.05) is 17.1 Å². The SMILES string of the molecule is CC[C@@H](C(=O)NC(C)(C)C)N(Cc1ccc(Cl)c(Cl)c1)C(=O)CN(c1ccccc1)S(=O)(=O)c1ccc(Cl)cc1. The number of sulfonamides is 1. The van der Waals surface area contributed by atoms with Gasteiger partial charge in [0.2, 0.25) is 11.8 Å². The van der Waals surface area contributed by atoms with E-state index in [2.05, 4.69) is 5.32 Å². The number of halogens is 3. The van der Waals surface area contributed by atoms with Crippen LogP contribution in [-0.2, 0) is 26.2 Å². The number of amides is 2. The third-order valence-electron chi connectivity index (χ3n) is 5.95. The Labute approximate surface area is 251 Å². The Bertz CT molecular complexity index is 1440. The minimum atomic E-state index is -4.18. The fourth-order valence-corrected chi connectivity index (χ4v) is 5.92. The van der Waals surface area contributed by atoms with E-state index in [1.54, 1.807) is 55.5 Å². The third kappa shape index (κ3) is 8.13. The van der Waals surface area contributed by atoms with E-state index in [-0.39, 0.29) is 17.3 Å². The van der Waals surface area contributed by atoms with Crippen molar-refractivity contribution in [2.75, 3.05) is 10.8 Å². The molecule has 0 heterocycles. The lowest BCUT2D eigenvalue weighted by molar-refractivity contribution is -0.141. The third-order valence-corrected chi connectivity index (χ3v) is 8.72. The molecule has 0 bridgehead atoms. The van der Waals surface area contributed by atoms with E-state index in [0.717, 1.165) is 4.31 Å². The quantitative estimate of drug-likeness (QED) is 0.277. The molecule has 0 aliphatic rings. The van der Waals surface area contributed by atoms with Crippen LogP contribution >= 0.6 is 34.8 Å². The Balaban J connectivity index is 2.06. The predicted molar refractivity (Wildman–Crippen MR) is 161 cm³/mol. The lowest BCUT2D eigenvalue weighted by Crippen LogP contribution is -2.55. The summed E-state index contributed by atoms with van der Waals surface area (Å²) in [5.74, 6) is -0.918. The van der Waals surface area contributed by atoms with Crippen molar-refractivity contribution < 1.29 is 18.0 Å². The summed E-state index contributed by atoms with van der Waals surface area (Å²) in [5, 5.41) is 3.97. The van der Waals surface area contributed by atoms with Crippen molar-refractivity contribution in [3.63, 3.8) is 0 Å². The molecule has 7 nitrogen and oxygen atoms in total. The largest absolute Gasteiger partial charge is 0.350 e. The highest BCUT2D eigenvalue weighted by Crippen LogP contribution is 2.27. The van der Waals surface area contributed by atoms with Crippen LogP contribution in [0.4, 0.5) is 5.69 Å². The van der Waals surface area contributed by atoms with Gasteiger partial charge in [-0.25, -0.2) is 8.42 Å². The maximum Gasteiger partial charge on any atom is 0.264 e. The summed E-state index contributed by atoms with van der Waals surface area (Å²) >= 11 is 18.3. The number of nitrogens with one attached hydrogen (secondary N) is 1. The molecule has 0 fully saturated rings. The van der Waals surface area contributed by atoms with Crippen molar-refractivity contribution in [1.29, 1.82) is 0 Å². The smallest absolute Gasteiger partial charge is 0.264 e. The topological polar surface area (TPSA) is 86.8 Å². The number of anilines is 1. The van der Waals surface area contributed by atoms with E-state index in [4.69, 9.17) is 34.8 Å². The summed E-state index contributed by atoms with van der Waals surface area (Å²) in [6, 6.07) is 18.1. The Kier molecular flexibility index (Phi) is 10.5. The van der Waals surface area contributed by atoms with Gasteiger partial charge in [0.25, 0.3) is 10.0 Å². The van der Waals surface area contributed by atoms with Gasteiger partial charge in [-0.3, -0.25) is 13.9 Å². The highest BCUT2D eigenvalue weighted by atomic mass is 35.5.